The Morgan fingerprint density at radius 3 is 2.75 bits per heavy atom. The van der Waals surface area contributed by atoms with E-state index in [0.29, 0.717) is 41.0 Å². The Hall–Kier alpha value is -3.58. The van der Waals surface area contributed by atoms with Crippen molar-refractivity contribution in [3.63, 3.8) is 0 Å². The Kier molecular flexibility index (Phi) is 6.56. The number of ether oxygens (including phenoxy) is 2. The van der Waals surface area contributed by atoms with Crippen molar-refractivity contribution in [3.05, 3.63) is 77.4 Å². The number of amides is 2. The number of benzene rings is 2. The topological polar surface area (TPSA) is 80.8 Å². The number of methoxy groups -OCH3 is 1. The first-order valence-corrected chi connectivity index (χ1v) is 10.6. The van der Waals surface area contributed by atoms with Crippen molar-refractivity contribution in [2.45, 2.75) is 18.9 Å². The number of pyridine rings is 1. The minimum atomic E-state index is -0.747. The molecule has 1 aromatic heterocycles. The molecule has 2 heterocycles. The number of carbonyl (C=O) groups is 2. The number of nitrogens with one attached hydrogen (secondary N) is 1. The fraction of sp³-hybridized carbons (Fsp3) is 0.208. The van der Waals surface area contributed by atoms with Gasteiger partial charge in [-0.15, -0.1) is 0 Å². The number of anilines is 2. The molecule has 2 amide bonds. The van der Waals surface area contributed by atoms with Gasteiger partial charge in [-0.3, -0.25) is 14.5 Å². The number of aromatic nitrogens is 1. The molecule has 1 aliphatic rings. The molecule has 0 radical (unpaired) electrons. The van der Waals surface area contributed by atoms with Gasteiger partial charge in [0.15, 0.2) is 11.6 Å². The Morgan fingerprint density at radius 1 is 1.19 bits per heavy atom. The van der Waals surface area contributed by atoms with E-state index in [4.69, 9.17) is 21.1 Å². The molecule has 8 heteroatoms. The molecule has 2 aromatic carbocycles. The largest absolute Gasteiger partial charge is 0.495 e. The van der Waals surface area contributed by atoms with Crippen LogP contribution in [0, 0.1) is 0 Å². The first-order valence-electron chi connectivity index (χ1n) is 10.2. The number of rotatable bonds is 7. The van der Waals surface area contributed by atoms with Crippen LogP contribution in [-0.4, -0.2) is 30.5 Å². The summed E-state index contributed by atoms with van der Waals surface area (Å²) in [5.74, 6) is 1.16. The second kappa shape index (κ2) is 9.70. The summed E-state index contributed by atoms with van der Waals surface area (Å²) in [6, 6.07) is 17.9. The average molecular weight is 452 g/mol. The SMILES string of the molecule is COc1ccc(NC(=O)CCCN2C(=O)[C@@H](c3ccccc3)Oc3cccnc32)cc1Cl. The van der Waals surface area contributed by atoms with Gasteiger partial charge < -0.3 is 14.8 Å². The van der Waals surface area contributed by atoms with Gasteiger partial charge >= 0.3 is 0 Å². The van der Waals surface area contributed by atoms with Gasteiger partial charge in [-0.1, -0.05) is 41.9 Å². The van der Waals surface area contributed by atoms with Crippen molar-refractivity contribution in [3.8, 4) is 11.5 Å². The summed E-state index contributed by atoms with van der Waals surface area (Å²) >= 11 is 6.11. The highest BCUT2D eigenvalue weighted by molar-refractivity contribution is 6.32. The molecule has 1 N–H and O–H groups in total. The van der Waals surface area contributed by atoms with E-state index >= 15 is 0 Å². The second-order valence-electron chi connectivity index (χ2n) is 7.22. The van der Waals surface area contributed by atoms with Gasteiger partial charge in [0.2, 0.25) is 12.0 Å². The Morgan fingerprint density at radius 2 is 2.00 bits per heavy atom. The zero-order valence-corrected chi connectivity index (χ0v) is 18.2. The van der Waals surface area contributed by atoms with Gasteiger partial charge in [-0.25, -0.2) is 4.98 Å². The van der Waals surface area contributed by atoms with Crippen molar-refractivity contribution in [2.24, 2.45) is 0 Å². The zero-order chi connectivity index (χ0) is 22.5. The molecule has 1 atom stereocenters. The summed E-state index contributed by atoms with van der Waals surface area (Å²) in [5.41, 5.74) is 1.35. The maximum absolute atomic E-state index is 13.2. The summed E-state index contributed by atoms with van der Waals surface area (Å²) in [4.78, 5) is 31.5. The lowest BCUT2D eigenvalue weighted by Gasteiger charge is -2.33. The first kappa shape index (κ1) is 21.6. The van der Waals surface area contributed by atoms with E-state index in [1.54, 1.807) is 41.4 Å². The van der Waals surface area contributed by atoms with Crippen LogP contribution in [0.2, 0.25) is 5.02 Å². The molecule has 0 saturated carbocycles. The molecule has 0 aliphatic carbocycles. The van der Waals surface area contributed by atoms with Crippen LogP contribution in [0.15, 0.2) is 66.9 Å². The maximum atomic E-state index is 13.2. The van der Waals surface area contributed by atoms with Crippen molar-refractivity contribution < 1.29 is 19.1 Å². The molecular weight excluding hydrogens is 430 g/mol. The first-order chi connectivity index (χ1) is 15.6. The van der Waals surface area contributed by atoms with Gasteiger partial charge in [0.1, 0.15) is 5.75 Å². The lowest BCUT2D eigenvalue weighted by Crippen LogP contribution is -2.42. The van der Waals surface area contributed by atoms with Crippen LogP contribution in [0.3, 0.4) is 0 Å². The molecular formula is C24H22ClN3O4. The van der Waals surface area contributed by atoms with Crippen LogP contribution in [-0.2, 0) is 9.59 Å². The number of hydrogen-bond donors (Lipinski definition) is 1. The van der Waals surface area contributed by atoms with Crippen molar-refractivity contribution in [1.29, 1.82) is 0 Å². The number of fused-ring (bicyclic) bond motifs is 1. The summed E-state index contributed by atoms with van der Waals surface area (Å²) in [5, 5.41) is 3.23. The highest BCUT2D eigenvalue weighted by Crippen LogP contribution is 2.37. The van der Waals surface area contributed by atoms with Gasteiger partial charge in [0.25, 0.3) is 5.91 Å². The molecule has 0 saturated heterocycles. The van der Waals surface area contributed by atoms with E-state index in [-0.39, 0.29) is 18.2 Å². The molecule has 3 aromatic rings. The summed E-state index contributed by atoms with van der Waals surface area (Å²) < 4.78 is 11.1. The molecule has 1 aliphatic heterocycles. The lowest BCUT2D eigenvalue weighted by molar-refractivity contribution is -0.127. The molecule has 0 fully saturated rings. The predicted octanol–water partition coefficient (Wildman–Crippen LogP) is 4.63. The van der Waals surface area contributed by atoms with E-state index in [1.165, 1.54) is 7.11 Å². The monoisotopic (exact) mass is 451 g/mol. The molecule has 0 bridgehead atoms. The summed E-state index contributed by atoms with van der Waals surface area (Å²) in [6.45, 7) is 0.340. The third-order valence-corrected chi connectivity index (χ3v) is 5.36. The fourth-order valence-electron chi connectivity index (χ4n) is 3.52. The third kappa shape index (κ3) is 4.68. The Labute approximate surface area is 190 Å². The highest BCUT2D eigenvalue weighted by atomic mass is 35.5. The number of nitrogens with zero attached hydrogens (tertiary/aromatic N) is 2. The molecule has 0 unspecified atom stereocenters. The van der Waals surface area contributed by atoms with Crippen LogP contribution in [0.1, 0.15) is 24.5 Å². The van der Waals surface area contributed by atoms with Crippen LogP contribution < -0.4 is 19.7 Å². The molecule has 7 nitrogen and oxygen atoms in total. The highest BCUT2D eigenvalue weighted by Gasteiger charge is 2.36. The summed E-state index contributed by atoms with van der Waals surface area (Å²) in [7, 11) is 1.53. The quantitative estimate of drug-likeness (QED) is 0.566. The minimum Gasteiger partial charge on any atom is -0.495 e. The average Bonchev–Trinajstić information content (AvgIpc) is 2.81. The van der Waals surface area contributed by atoms with Gasteiger partial charge in [-0.2, -0.15) is 0 Å². The Balaban J connectivity index is 1.42. The summed E-state index contributed by atoms with van der Waals surface area (Å²) in [6.07, 6.45) is 1.56. The van der Waals surface area contributed by atoms with E-state index in [2.05, 4.69) is 10.3 Å². The van der Waals surface area contributed by atoms with Crippen LogP contribution in [0.4, 0.5) is 11.5 Å². The van der Waals surface area contributed by atoms with Crippen LogP contribution in [0.25, 0.3) is 0 Å². The van der Waals surface area contributed by atoms with Gasteiger partial charge in [0, 0.05) is 30.4 Å². The smallest absolute Gasteiger partial charge is 0.274 e. The van der Waals surface area contributed by atoms with Crippen LogP contribution >= 0.6 is 11.6 Å². The normalized spacial score (nSPS) is 15.0. The molecule has 32 heavy (non-hydrogen) atoms. The molecule has 0 spiro atoms. The van der Waals surface area contributed by atoms with E-state index in [9.17, 15) is 9.59 Å². The van der Waals surface area contributed by atoms with E-state index < -0.39 is 6.10 Å². The van der Waals surface area contributed by atoms with Crippen molar-refractivity contribution in [2.75, 3.05) is 23.9 Å². The van der Waals surface area contributed by atoms with Crippen LogP contribution in [0.5, 0.6) is 11.5 Å². The number of hydrogen-bond acceptors (Lipinski definition) is 5. The maximum Gasteiger partial charge on any atom is 0.274 e. The van der Waals surface area contributed by atoms with Gasteiger partial charge in [-0.05, 0) is 36.8 Å². The van der Waals surface area contributed by atoms with Crippen molar-refractivity contribution >= 4 is 34.9 Å². The third-order valence-electron chi connectivity index (χ3n) is 5.07. The zero-order valence-electron chi connectivity index (χ0n) is 17.5. The van der Waals surface area contributed by atoms with E-state index in [1.807, 2.05) is 30.3 Å². The Bertz CT molecular complexity index is 1120. The predicted molar refractivity (Wildman–Crippen MR) is 122 cm³/mol. The minimum absolute atomic E-state index is 0.173. The number of carbonyl (C=O) groups excluding carboxylic acids is 2. The lowest BCUT2D eigenvalue weighted by atomic mass is 10.1. The molecule has 4 rings (SSSR count). The van der Waals surface area contributed by atoms with Crippen molar-refractivity contribution in [1.82, 2.24) is 4.98 Å². The fourth-order valence-corrected chi connectivity index (χ4v) is 3.78. The molecule has 164 valence electrons. The number of halogens is 1. The second-order valence-corrected chi connectivity index (χ2v) is 7.63. The standard InChI is InChI=1S/C24H22ClN3O4/c1-31-19-12-11-17(15-18(19)25)27-21(29)10-6-14-28-23-20(9-5-13-26-23)32-22(24(28)30)16-7-3-2-4-8-16/h2-5,7-9,11-13,15,22H,6,10,14H2,1H3,(H,27,29)/t22-/m1/s1. The van der Waals surface area contributed by atoms with E-state index in [0.717, 1.165) is 5.56 Å². The van der Waals surface area contributed by atoms with Gasteiger partial charge in [0.05, 0.1) is 12.1 Å².